The number of hydrogen-bond donors (Lipinski definition) is 2. The third kappa shape index (κ3) is 6.15. The van der Waals surface area contributed by atoms with E-state index in [0.717, 1.165) is 55.7 Å². The summed E-state index contributed by atoms with van der Waals surface area (Å²) in [4.78, 5) is 2.59. The van der Waals surface area contributed by atoms with E-state index in [1.54, 1.807) is 0 Å². The van der Waals surface area contributed by atoms with Crippen molar-refractivity contribution >= 4 is 24.8 Å². The Morgan fingerprint density at radius 1 is 1.06 bits per heavy atom. The molecule has 4 nitrogen and oxygen atoms in total. The summed E-state index contributed by atoms with van der Waals surface area (Å²) in [6.45, 7) is 6.18. The highest BCUT2D eigenvalue weighted by atomic mass is 35.5. The number of phenols is 1. The summed E-state index contributed by atoms with van der Waals surface area (Å²) in [7, 11) is 1.96. The molecule has 2 aromatic rings. The Balaban J connectivity index is 0.00000171. The SMILES string of the molecule is CNC[C@@H]1O[C@H](C2CCN(CCc3ccccc3)CC2)Cc2c1ccc(C)c2O.Cl.Cl. The number of benzene rings is 2. The highest BCUT2D eigenvalue weighted by molar-refractivity contribution is 5.85. The molecule has 1 fully saturated rings. The van der Waals surface area contributed by atoms with Crippen molar-refractivity contribution in [2.75, 3.05) is 33.2 Å². The first kappa shape index (κ1) is 26.0. The maximum absolute atomic E-state index is 10.7. The molecule has 0 aromatic heterocycles. The minimum Gasteiger partial charge on any atom is -0.507 e. The fourth-order valence-corrected chi connectivity index (χ4v) is 4.92. The number of fused-ring (bicyclic) bond motifs is 1. The summed E-state index contributed by atoms with van der Waals surface area (Å²) in [5.74, 6) is 1.03. The van der Waals surface area contributed by atoms with Crippen LogP contribution in [0, 0.1) is 12.8 Å². The van der Waals surface area contributed by atoms with E-state index in [0.29, 0.717) is 11.7 Å². The summed E-state index contributed by atoms with van der Waals surface area (Å²) in [6.07, 6.45) is 4.52. The minimum atomic E-state index is 0. The van der Waals surface area contributed by atoms with Crippen molar-refractivity contribution in [2.45, 2.75) is 44.8 Å². The normalized spacial score (nSPS) is 21.6. The molecule has 0 aliphatic carbocycles. The lowest BCUT2D eigenvalue weighted by Crippen LogP contribution is -2.42. The molecule has 0 radical (unpaired) electrons. The molecule has 2 N–H and O–H groups in total. The van der Waals surface area contributed by atoms with Gasteiger partial charge in [0, 0.05) is 25.1 Å². The van der Waals surface area contributed by atoms with Gasteiger partial charge in [0.1, 0.15) is 5.75 Å². The van der Waals surface area contributed by atoms with Crippen LogP contribution in [0.5, 0.6) is 5.75 Å². The Bertz CT molecular complexity index is 811. The van der Waals surface area contributed by atoms with E-state index in [4.69, 9.17) is 4.74 Å². The van der Waals surface area contributed by atoms with E-state index in [-0.39, 0.29) is 37.0 Å². The van der Waals surface area contributed by atoms with E-state index in [1.807, 2.05) is 20.0 Å². The second-order valence-electron chi connectivity index (χ2n) is 8.64. The van der Waals surface area contributed by atoms with E-state index in [1.165, 1.54) is 18.4 Å². The van der Waals surface area contributed by atoms with Gasteiger partial charge in [0.15, 0.2) is 0 Å². The Hall–Kier alpha value is -1.30. The average Bonchev–Trinajstić information content (AvgIpc) is 2.76. The Labute approximate surface area is 199 Å². The molecule has 0 spiro atoms. The molecule has 2 heterocycles. The van der Waals surface area contributed by atoms with Gasteiger partial charge in [0.25, 0.3) is 0 Å². The maximum atomic E-state index is 10.7. The van der Waals surface area contributed by atoms with E-state index in [2.05, 4.69) is 46.6 Å². The second kappa shape index (κ2) is 12.1. The predicted molar refractivity (Wildman–Crippen MR) is 132 cm³/mol. The molecule has 1 saturated heterocycles. The zero-order chi connectivity index (χ0) is 20.2. The molecule has 172 valence electrons. The largest absolute Gasteiger partial charge is 0.507 e. The molecule has 6 heteroatoms. The Morgan fingerprint density at radius 2 is 1.77 bits per heavy atom. The minimum absolute atomic E-state index is 0. The number of aromatic hydroxyl groups is 1. The van der Waals surface area contributed by atoms with E-state index >= 15 is 0 Å². The summed E-state index contributed by atoms with van der Waals surface area (Å²) in [5.41, 5.74) is 4.64. The zero-order valence-electron chi connectivity index (χ0n) is 18.5. The van der Waals surface area contributed by atoms with Crippen LogP contribution in [-0.2, 0) is 17.6 Å². The lowest BCUT2D eigenvalue weighted by atomic mass is 9.83. The molecule has 2 aromatic carbocycles. The van der Waals surface area contributed by atoms with Crippen LogP contribution in [0.25, 0.3) is 0 Å². The van der Waals surface area contributed by atoms with Gasteiger partial charge in [-0.25, -0.2) is 0 Å². The summed E-state index contributed by atoms with van der Waals surface area (Å²) < 4.78 is 6.56. The van der Waals surface area contributed by atoms with Crippen LogP contribution in [0.1, 0.15) is 41.2 Å². The first-order chi connectivity index (χ1) is 14.2. The fourth-order valence-electron chi connectivity index (χ4n) is 4.92. The third-order valence-corrected chi connectivity index (χ3v) is 6.72. The molecule has 2 aliphatic heterocycles. The number of likely N-dealkylation sites (N-methyl/N-ethyl adjacent to an activating group) is 1. The molecule has 0 amide bonds. The summed E-state index contributed by atoms with van der Waals surface area (Å²) in [5, 5.41) is 13.9. The van der Waals surface area contributed by atoms with Gasteiger partial charge in [-0.15, -0.1) is 24.8 Å². The zero-order valence-corrected chi connectivity index (χ0v) is 20.2. The molecule has 0 unspecified atom stereocenters. The molecule has 2 aliphatic rings. The summed E-state index contributed by atoms with van der Waals surface area (Å²) >= 11 is 0. The Kier molecular flexibility index (Phi) is 10.1. The highest BCUT2D eigenvalue weighted by Crippen LogP contribution is 2.40. The maximum Gasteiger partial charge on any atom is 0.122 e. The van der Waals surface area contributed by atoms with Gasteiger partial charge in [-0.2, -0.15) is 0 Å². The number of phenolic OH excluding ortho intramolecular Hbond substituents is 1. The van der Waals surface area contributed by atoms with Crippen molar-refractivity contribution < 1.29 is 9.84 Å². The van der Waals surface area contributed by atoms with Gasteiger partial charge in [-0.1, -0.05) is 42.5 Å². The standard InChI is InChI=1S/C25H34N2O2.2ClH/c1-18-8-9-21-22(25(18)28)16-23(29-24(21)17-26-2)20-11-14-27(15-12-20)13-10-19-6-4-3-5-7-19;;/h3-9,20,23-24,26,28H,10-17H2,1-2H3;2*1H/t23-,24-;;/m0../s1. The van der Waals surface area contributed by atoms with Crippen LogP contribution >= 0.6 is 24.8 Å². The number of hydrogen-bond acceptors (Lipinski definition) is 4. The van der Waals surface area contributed by atoms with Gasteiger partial charge in [-0.3, -0.25) is 0 Å². The van der Waals surface area contributed by atoms with Crippen molar-refractivity contribution in [3.63, 3.8) is 0 Å². The van der Waals surface area contributed by atoms with Crippen LogP contribution in [0.15, 0.2) is 42.5 Å². The van der Waals surface area contributed by atoms with Gasteiger partial charge in [-0.05, 0) is 68.9 Å². The molecule has 0 bridgehead atoms. The topological polar surface area (TPSA) is 44.7 Å². The van der Waals surface area contributed by atoms with E-state index in [9.17, 15) is 5.11 Å². The number of halogens is 2. The molecular formula is C25H36Cl2N2O2. The van der Waals surface area contributed by atoms with Crippen molar-refractivity contribution in [3.05, 3.63) is 64.7 Å². The smallest absolute Gasteiger partial charge is 0.122 e. The van der Waals surface area contributed by atoms with E-state index < -0.39 is 0 Å². The number of ether oxygens (including phenoxy) is 1. The number of piperidine rings is 1. The van der Waals surface area contributed by atoms with Gasteiger partial charge < -0.3 is 20.1 Å². The van der Waals surface area contributed by atoms with Crippen LogP contribution in [0.2, 0.25) is 0 Å². The lowest BCUT2D eigenvalue weighted by Gasteiger charge is -2.40. The predicted octanol–water partition coefficient (Wildman–Crippen LogP) is 4.70. The first-order valence-corrected chi connectivity index (χ1v) is 11.0. The molecule has 4 rings (SSSR count). The van der Waals surface area contributed by atoms with Gasteiger partial charge in [0.2, 0.25) is 0 Å². The quantitative estimate of drug-likeness (QED) is 0.647. The Morgan fingerprint density at radius 3 is 2.45 bits per heavy atom. The molecule has 31 heavy (non-hydrogen) atoms. The highest BCUT2D eigenvalue weighted by Gasteiger charge is 2.35. The number of nitrogens with one attached hydrogen (secondary N) is 1. The van der Waals surface area contributed by atoms with Crippen LogP contribution in [-0.4, -0.2) is 49.3 Å². The number of likely N-dealkylation sites (tertiary alicyclic amines) is 1. The summed E-state index contributed by atoms with van der Waals surface area (Å²) in [6, 6.07) is 14.9. The van der Waals surface area contributed by atoms with Crippen LogP contribution in [0.4, 0.5) is 0 Å². The monoisotopic (exact) mass is 466 g/mol. The van der Waals surface area contributed by atoms with Crippen LogP contribution < -0.4 is 5.32 Å². The average molecular weight is 467 g/mol. The third-order valence-electron chi connectivity index (χ3n) is 6.72. The number of aryl methyl sites for hydroxylation is 1. The lowest BCUT2D eigenvalue weighted by molar-refractivity contribution is -0.0669. The van der Waals surface area contributed by atoms with Gasteiger partial charge >= 0.3 is 0 Å². The molecular weight excluding hydrogens is 431 g/mol. The number of nitrogens with zero attached hydrogens (tertiary/aromatic N) is 1. The molecule has 2 atom stereocenters. The van der Waals surface area contributed by atoms with Gasteiger partial charge in [0.05, 0.1) is 12.2 Å². The van der Waals surface area contributed by atoms with Crippen molar-refractivity contribution in [2.24, 2.45) is 5.92 Å². The van der Waals surface area contributed by atoms with Crippen molar-refractivity contribution in [3.8, 4) is 5.75 Å². The van der Waals surface area contributed by atoms with Crippen molar-refractivity contribution in [1.82, 2.24) is 10.2 Å². The fraction of sp³-hybridized carbons (Fsp3) is 0.520. The second-order valence-corrected chi connectivity index (χ2v) is 8.64. The first-order valence-electron chi connectivity index (χ1n) is 11.0. The number of rotatable bonds is 6. The van der Waals surface area contributed by atoms with Crippen molar-refractivity contribution in [1.29, 1.82) is 0 Å². The van der Waals surface area contributed by atoms with Crippen LogP contribution in [0.3, 0.4) is 0 Å². The molecule has 0 saturated carbocycles.